The van der Waals surface area contributed by atoms with E-state index in [1.54, 1.807) is 0 Å². The number of amides is 1. The van der Waals surface area contributed by atoms with E-state index in [1.165, 1.54) is 0 Å². The van der Waals surface area contributed by atoms with Crippen LogP contribution in [0.2, 0.25) is 0 Å². The second-order valence-corrected chi connectivity index (χ2v) is 4.66. The fourth-order valence-corrected chi connectivity index (χ4v) is 1.86. The maximum absolute atomic E-state index is 11.5. The Morgan fingerprint density at radius 2 is 2.31 bits per heavy atom. The standard InChI is InChI=1S/C12H17BrN2O/c1-2-4-11(14)12(16)15-8-9-5-3-6-10(13)7-9/h3,5-7,11H,2,4,8,14H2,1H3,(H,15,16)/t11-/m1/s1. The molecule has 0 fully saturated rings. The average molecular weight is 285 g/mol. The van der Waals surface area contributed by atoms with Gasteiger partial charge >= 0.3 is 0 Å². The molecule has 0 radical (unpaired) electrons. The topological polar surface area (TPSA) is 55.1 Å². The van der Waals surface area contributed by atoms with Crippen molar-refractivity contribution in [3.63, 3.8) is 0 Å². The van der Waals surface area contributed by atoms with E-state index in [0.29, 0.717) is 6.54 Å². The van der Waals surface area contributed by atoms with Crippen LogP contribution in [0.4, 0.5) is 0 Å². The lowest BCUT2D eigenvalue weighted by Gasteiger charge is -2.11. The first kappa shape index (κ1) is 13.2. The molecule has 0 spiro atoms. The van der Waals surface area contributed by atoms with E-state index in [0.717, 1.165) is 22.9 Å². The van der Waals surface area contributed by atoms with E-state index >= 15 is 0 Å². The summed E-state index contributed by atoms with van der Waals surface area (Å²) in [7, 11) is 0. The minimum Gasteiger partial charge on any atom is -0.351 e. The number of carbonyl (C=O) groups is 1. The summed E-state index contributed by atoms with van der Waals surface area (Å²) < 4.78 is 1.01. The third-order valence-electron chi connectivity index (χ3n) is 2.29. The summed E-state index contributed by atoms with van der Waals surface area (Å²) in [5.41, 5.74) is 6.76. The Labute approximate surface area is 105 Å². The maximum atomic E-state index is 11.5. The van der Waals surface area contributed by atoms with Gasteiger partial charge in [0.25, 0.3) is 0 Å². The zero-order valence-electron chi connectivity index (χ0n) is 9.37. The number of hydrogen-bond donors (Lipinski definition) is 2. The molecule has 0 saturated carbocycles. The highest BCUT2D eigenvalue weighted by molar-refractivity contribution is 9.10. The summed E-state index contributed by atoms with van der Waals surface area (Å²) in [5.74, 6) is -0.0816. The van der Waals surface area contributed by atoms with Crippen LogP contribution in [-0.2, 0) is 11.3 Å². The Balaban J connectivity index is 2.42. The van der Waals surface area contributed by atoms with Gasteiger partial charge in [0, 0.05) is 11.0 Å². The first-order chi connectivity index (χ1) is 7.63. The van der Waals surface area contributed by atoms with Crippen LogP contribution in [0.5, 0.6) is 0 Å². The second-order valence-electron chi connectivity index (χ2n) is 3.74. The SMILES string of the molecule is CCC[C@@H](N)C(=O)NCc1cccc(Br)c1. The Hall–Kier alpha value is -0.870. The van der Waals surface area contributed by atoms with Crippen molar-refractivity contribution in [2.45, 2.75) is 32.4 Å². The molecule has 88 valence electrons. The second kappa shape index (κ2) is 6.66. The highest BCUT2D eigenvalue weighted by Gasteiger charge is 2.11. The fraction of sp³-hybridized carbons (Fsp3) is 0.417. The number of carbonyl (C=O) groups excluding carboxylic acids is 1. The molecule has 0 bridgehead atoms. The molecule has 0 heterocycles. The molecular weight excluding hydrogens is 268 g/mol. The zero-order chi connectivity index (χ0) is 12.0. The van der Waals surface area contributed by atoms with E-state index in [4.69, 9.17) is 5.73 Å². The molecule has 1 aromatic rings. The monoisotopic (exact) mass is 284 g/mol. The predicted molar refractivity (Wildman–Crippen MR) is 68.9 cm³/mol. The van der Waals surface area contributed by atoms with Gasteiger partial charge in [0.15, 0.2) is 0 Å². The molecule has 0 aliphatic rings. The minimum atomic E-state index is -0.392. The van der Waals surface area contributed by atoms with Gasteiger partial charge in [0.05, 0.1) is 6.04 Å². The van der Waals surface area contributed by atoms with Crippen molar-refractivity contribution in [3.05, 3.63) is 34.3 Å². The van der Waals surface area contributed by atoms with E-state index in [2.05, 4.69) is 21.2 Å². The van der Waals surface area contributed by atoms with Gasteiger partial charge in [-0.15, -0.1) is 0 Å². The molecule has 0 aromatic heterocycles. The molecule has 1 rings (SSSR count). The van der Waals surface area contributed by atoms with Crippen LogP contribution in [0, 0.1) is 0 Å². The van der Waals surface area contributed by atoms with Gasteiger partial charge in [-0.05, 0) is 24.1 Å². The van der Waals surface area contributed by atoms with Gasteiger partial charge in [-0.3, -0.25) is 4.79 Å². The molecule has 0 aliphatic heterocycles. The molecule has 1 aromatic carbocycles. The van der Waals surface area contributed by atoms with Gasteiger partial charge < -0.3 is 11.1 Å². The minimum absolute atomic E-state index is 0.0816. The van der Waals surface area contributed by atoms with E-state index in [1.807, 2.05) is 31.2 Å². The lowest BCUT2D eigenvalue weighted by Crippen LogP contribution is -2.40. The van der Waals surface area contributed by atoms with Gasteiger partial charge in [0.1, 0.15) is 0 Å². The van der Waals surface area contributed by atoms with Crippen LogP contribution in [0.1, 0.15) is 25.3 Å². The number of benzene rings is 1. The molecule has 16 heavy (non-hydrogen) atoms. The van der Waals surface area contributed by atoms with Gasteiger partial charge in [0.2, 0.25) is 5.91 Å². The third kappa shape index (κ3) is 4.33. The van der Waals surface area contributed by atoms with E-state index in [9.17, 15) is 4.79 Å². The van der Waals surface area contributed by atoms with E-state index in [-0.39, 0.29) is 5.91 Å². The van der Waals surface area contributed by atoms with Crippen molar-refractivity contribution in [2.75, 3.05) is 0 Å². The molecule has 0 aliphatic carbocycles. The number of rotatable bonds is 5. The van der Waals surface area contributed by atoms with Crippen LogP contribution in [0.25, 0.3) is 0 Å². The maximum Gasteiger partial charge on any atom is 0.237 e. The number of nitrogens with one attached hydrogen (secondary N) is 1. The summed E-state index contributed by atoms with van der Waals surface area (Å²) in [4.78, 5) is 11.5. The van der Waals surface area contributed by atoms with Crippen LogP contribution in [0.3, 0.4) is 0 Å². The number of halogens is 1. The van der Waals surface area contributed by atoms with E-state index < -0.39 is 6.04 Å². The quantitative estimate of drug-likeness (QED) is 0.871. The summed E-state index contributed by atoms with van der Waals surface area (Å²) in [6.07, 6.45) is 1.65. The first-order valence-electron chi connectivity index (χ1n) is 5.41. The van der Waals surface area contributed by atoms with Crippen molar-refractivity contribution in [1.29, 1.82) is 0 Å². The molecule has 4 heteroatoms. The Kier molecular flexibility index (Phi) is 5.49. The normalized spacial score (nSPS) is 12.2. The molecule has 3 nitrogen and oxygen atoms in total. The Morgan fingerprint density at radius 1 is 1.56 bits per heavy atom. The van der Waals surface area contributed by atoms with Gasteiger partial charge in [-0.1, -0.05) is 41.4 Å². The summed E-state index contributed by atoms with van der Waals surface area (Å²) in [6.45, 7) is 2.54. The third-order valence-corrected chi connectivity index (χ3v) is 2.79. The predicted octanol–water partition coefficient (Wildman–Crippen LogP) is 2.19. The lowest BCUT2D eigenvalue weighted by atomic mass is 10.1. The Morgan fingerprint density at radius 3 is 2.94 bits per heavy atom. The van der Waals surface area contributed by atoms with Gasteiger partial charge in [-0.2, -0.15) is 0 Å². The fourth-order valence-electron chi connectivity index (χ4n) is 1.41. The first-order valence-corrected chi connectivity index (χ1v) is 6.20. The van der Waals surface area contributed by atoms with Gasteiger partial charge in [-0.25, -0.2) is 0 Å². The molecule has 1 amide bonds. The molecular formula is C12H17BrN2O. The lowest BCUT2D eigenvalue weighted by molar-refractivity contribution is -0.122. The van der Waals surface area contributed by atoms with Crippen LogP contribution in [-0.4, -0.2) is 11.9 Å². The van der Waals surface area contributed by atoms with Crippen LogP contribution in [0.15, 0.2) is 28.7 Å². The zero-order valence-corrected chi connectivity index (χ0v) is 11.0. The van der Waals surface area contributed by atoms with Crippen molar-refractivity contribution in [3.8, 4) is 0 Å². The smallest absolute Gasteiger partial charge is 0.237 e. The highest BCUT2D eigenvalue weighted by atomic mass is 79.9. The molecule has 0 saturated heterocycles. The Bertz CT molecular complexity index is 355. The van der Waals surface area contributed by atoms with Crippen molar-refractivity contribution in [2.24, 2.45) is 5.73 Å². The number of hydrogen-bond acceptors (Lipinski definition) is 2. The van der Waals surface area contributed by atoms with Crippen molar-refractivity contribution < 1.29 is 4.79 Å². The molecule has 3 N–H and O–H groups in total. The summed E-state index contributed by atoms with van der Waals surface area (Å²) >= 11 is 3.39. The van der Waals surface area contributed by atoms with Crippen molar-refractivity contribution in [1.82, 2.24) is 5.32 Å². The highest BCUT2D eigenvalue weighted by Crippen LogP contribution is 2.11. The van der Waals surface area contributed by atoms with Crippen LogP contribution >= 0.6 is 15.9 Å². The summed E-state index contributed by atoms with van der Waals surface area (Å²) in [5, 5.41) is 2.83. The van der Waals surface area contributed by atoms with Crippen LogP contribution < -0.4 is 11.1 Å². The average Bonchev–Trinajstić information content (AvgIpc) is 2.26. The molecule has 1 atom stereocenters. The number of nitrogens with two attached hydrogens (primary N) is 1. The van der Waals surface area contributed by atoms with Crippen molar-refractivity contribution >= 4 is 21.8 Å². The molecule has 0 unspecified atom stereocenters. The largest absolute Gasteiger partial charge is 0.351 e. The summed E-state index contributed by atoms with van der Waals surface area (Å²) in [6, 6.07) is 7.45.